The maximum atomic E-state index is 11.9. The van der Waals surface area contributed by atoms with Gasteiger partial charge in [-0.15, -0.1) is 0 Å². The predicted molar refractivity (Wildman–Crippen MR) is 72.8 cm³/mol. The topological polar surface area (TPSA) is 82.7 Å². The van der Waals surface area contributed by atoms with Crippen molar-refractivity contribution in [1.82, 2.24) is 20.5 Å². The third-order valence-electron chi connectivity index (χ3n) is 2.61. The first kappa shape index (κ1) is 13.1. The standard InChI is InChI=1S/C13H17N5O/c1-2-7-14-11-5-3-10(4-6-11)13(19)15-8-12-16-9-17-18-12/h3-6,9,14H,2,7-8H2,1H3,(H,15,19)(H,16,17,18). The van der Waals surface area contributed by atoms with Crippen molar-refractivity contribution in [2.45, 2.75) is 19.9 Å². The van der Waals surface area contributed by atoms with E-state index in [1.54, 1.807) is 12.1 Å². The van der Waals surface area contributed by atoms with Crippen molar-refractivity contribution in [3.05, 3.63) is 42.0 Å². The minimum absolute atomic E-state index is 0.126. The number of anilines is 1. The van der Waals surface area contributed by atoms with Crippen molar-refractivity contribution < 1.29 is 4.79 Å². The van der Waals surface area contributed by atoms with Gasteiger partial charge in [-0.25, -0.2) is 4.98 Å². The first-order valence-corrected chi connectivity index (χ1v) is 6.26. The molecule has 1 heterocycles. The van der Waals surface area contributed by atoms with E-state index in [2.05, 4.69) is 32.7 Å². The van der Waals surface area contributed by atoms with E-state index in [9.17, 15) is 4.79 Å². The number of benzene rings is 1. The van der Waals surface area contributed by atoms with E-state index in [-0.39, 0.29) is 5.91 Å². The first-order valence-electron chi connectivity index (χ1n) is 6.26. The van der Waals surface area contributed by atoms with Crippen LogP contribution in [0.15, 0.2) is 30.6 Å². The molecule has 1 aromatic carbocycles. The van der Waals surface area contributed by atoms with Gasteiger partial charge in [0.25, 0.3) is 5.91 Å². The Balaban J connectivity index is 1.88. The maximum Gasteiger partial charge on any atom is 0.251 e. The zero-order chi connectivity index (χ0) is 13.5. The van der Waals surface area contributed by atoms with Gasteiger partial charge in [0, 0.05) is 17.8 Å². The van der Waals surface area contributed by atoms with Crippen LogP contribution in [0, 0.1) is 0 Å². The summed E-state index contributed by atoms with van der Waals surface area (Å²) < 4.78 is 0. The third kappa shape index (κ3) is 3.80. The molecular weight excluding hydrogens is 242 g/mol. The van der Waals surface area contributed by atoms with Gasteiger partial charge in [-0.3, -0.25) is 9.89 Å². The number of carbonyl (C=O) groups excluding carboxylic acids is 1. The van der Waals surface area contributed by atoms with Crippen molar-refractivity contribution in [2.75, 3.05) is 11.9 Å². The van der Waals surface area contributed by atoms with E-state index in [0.29, 0.717) is 17.9 Å². The van der Waals surface area contributed by atoms with Gasteiger partial charge in [0.05, 0.1) is 6.54 Å². The Morgan fingerprint density at radius 1 is 1.32 bits per heavy atom. The lowest BCUT2D eigenvalue weighted by molar-refractivity contribution is 0.0950. The third-order valence-corrected chi connectivity index (χ3v) is 2.61. The molecule has 0 unspecified atom stereocenters. The van der Waals surface area contributed by atoms with E-state index < -0.39 is 0 Å². The molecular formula is C13H17N5O. The normalized spacial score (nSPS) is 10.2. The van der Waals surface area contributed by atoms with Crippen LogP contribution in [-0.4, -0.2) is 27.6 Å². The van der Waals surface area contributed by atoms with Crippen LogP contribution < -0.4 is 10.6 Å². The highest BCUT2D eigenvalue weighted by Crippen LogP contribution is 2.09. The number of aromatic nitrogens is 3. The second-order valence-corrected chi connectivity index (χ2v) is 4.12. The molecule has 19 heavy (non-hydrogen) atoms. The smallest absolute Gasteiger partial charge is 0.251 e. The SMILES string of the molecule is CCCNc1ccc(C(=O)NCc2ncn[nH]2)cc1. The fourth-order valence-electron chi connectivity index (χ4n) is 1.59. The summed E-state index contributed by atoms with van der Waals surface area (Å²) in [5, 5.41) is 12.4. The highest BCUT2D eigenvalue weighted by Gasteiger charge is 2.05. The van der Waals surface area contributed by atoms with E-state index in [4.69, 9.17) is 0 Å². The van der Waals surface area contributed by atoms with E-state index in [1.807, 2.05) is 12.1 Å². The molecule has 2 rings (SSSR count). The number of H-pyrrole nitrogens is 1. The van der Waals surface area contributed by atoms with Crippen molar-refractivity contribution in [3.8, 4) is 0 Å². The molecule has 0 aliphatic heterocycles. The van der Waals surface area contributed by atoms with Crippen LogP contribution in [0.2, 0.25) is 0 Å². The number of nitrogens with one attached hydrogen (secondary N) is 3. The van der Waals surface area contributed by atoms with Crippen LogP contribution >= 0.6 is 0 Å². The summed E-state index contributed by atoms with van der Waals surface area (Å²) in [5.41, 5.74) is 1.65. The summed E-state index contributed by atoms with van der Waals surface area (Å²) in [6.07, 6.45) is 2.48. The molecule has 3 N–H and O–H groups in total. The van der Waals surface area contributed by atoms with Crippen LogP contribution in [0.5, 0.6) is 0 Å². The number of carbonyl (C=O) groups is 1. The van der Waals surface area contributed by atoms with Crippen LogP contribution in [0.1, 0.15) is 29.5 Å². The minimum atomic E-state index is -0.126. The lowest BCUT2D eigenvalue weighted by Crippen LogP contribution is -2.23. The average molecular weight is 259 g/mol. The zero-order valence-electron chi connectivity index (χ0n) is 10.8. The van der Waals surface area contributed by atoms with Crippen molar-refractivity contribution in [1.29, 1.82) is 0 Å². The van der Waals surface area contributed by atoms with Gasteiger partial charge in [-0.05, 0) is 30.7 Å². The number of rotatable bonds is 6. The van der Waals surface area contributed by atoms with Crippen molar-refractivity contribution >= 4 is 11.6 Å². The van der Waals surface area contributed by atoms with Crippen LogP contribution in [0.4, 0.5) is 5.69 Å². The van der Waals surface area contributed by atoms with E-state index in [1.165, 1.54) is 6.33 Å². The minimum Gasteiger partial charge on any atom is -0.385 e. The second kappa shape index (κ2) is 6.53. The molecule has 0 saturated carbocycles. The van der Waals surface area contributed by atoms with Gasteiger partial charge < -0.3 is 10.6 Å². The largest absolute Gasteiger partial charge is 0.385 e. The fourth-order valence-corrected chi connectivity index (χ4v) is 1.59. The Labute approximate surface area is 111 Å². The molecule has 1 amide bonds. The Bertz CT molecular complexity index is 506. The molecule has 0 aliphatic carbocycles. The summed E-state index contributed by atoms with van der Waals surface area (Å²) in [6.45, 7) is 3.38. The quantitative estimate of drug-likeness (QED) is 0.735. The highest BCUT2D eigenvalue weighted by atomic mass is 16.1. The second-order valence-electron chi connectivity index (χ2n) is 4.12. The summed E-state index contributed by atoms with van der Waals surface area (Å²) in [4.78, 5) is 15.8. The van der Waals surface area contributed by atoms with Crippen LogP contribution in [0.25, 0.3) is 0 Å². The van der Waals surface area contributed by atoms with Crippen molar-refractivity contribution in [2.24, 2.45) is 0 Å². The Kier molecular flexibility index (Phi) is 4.49. The Morgan fingerprint density at radius 2 is 2.11 bits per heavy atom. The van der Waals surface area contributed by atoms with Crippen LogP contribution in [0.3, 0.4) is 0 Å². The lowest BCUT2D eigenvalue weighted by Gasteiger charge is -2.06. The highest BCUT2D eigenvalue weighted by molar-refractivity contribution is 5.94. The number of hydrogen-bond acceptors (Lipinski definition) is 4. The Hall–Kier alpha value is -2.37. The molecule has 0 atom stereocenters. The molecule has 100 valence electrons. The molecule has 6 nitrogen and oxygen atoms in total. The molecule has 0 fully saturated rings. The molecule has 0 aliphatic rings. The van der Waals surface area contributed by atoms with Gasteiger partial charge in [-0.1, -0.05) is 6.92 Å². The number of aromatic amines is 1. The molecule has 0 spiro atoms. The molecule has 2 aromatic rings. The average Bonchev–Trinajstić information content (AvgIpc) is 2.96. The lowest BCUT2D eigenvalue weighted by atomic mass is 10.2. The van der Waals surface area contributed by atoms with Crippen molar-refractivity contribution in [3.63, 3.8) is 0 Å². The molecule has 6 heteroatoms. The van der Waals surface area contributed by atoms with Crippen LogP contribution in [-0.2, 0) is 6.54 Å². The number of amides is 1. The monoisotopic (exact) mass is 259 g/mol. The predicted octanol–water partition coefficient (Wildman–Crippen LogP) is 1.56. The van der Waals surface area contributed by atoms with Gasteiger partial charge in [0.1, 0.15) is 12.2 Å². The van der Waals surface area contributed by atoms with E-state index in [0.717, 1.165) is 18.7 Å². The van der Waals surface area contributed by atoms with Gasteiger partial charge >= 0.3 is 0 Å². The molecule has 0 saturated heterocycles. The molecule has 1 aromatic heterocycles. The van der Waals surface area contributed by atoms with Gasteiger partial charge in [0.2, 0.25) is 0 Å². The molecule has 0 bridgehead atoms. The summed E-state index contributed by atoms with van der Waals surface area (Å²) in [7, 11) is 0. The first-order chi connectivity index (χ1) is 9.29. The summed E-state index contributed by atoms with van der Waals surface area (Å²) in [6, 6.07) is 7.40. The number of hydrogen-bond donors (Lipinski definition) is 3. The maximum absolute atomic E-state index is 11.9. The van der Waals surface area contributed by atoms with E-state index >= 15 is 0 Å². The van der Waals surface area contributed by atoms with Gasteiger partial charge in [-0.2, -0.15) is 5.10 Å². The summed E-state index contributed by atoms with van der Waals surface area (Å²) in [5.74, 6) is 0.507. The Morgan fingerprint density at radius 3 is 2.74 bits per heavy atom. The van der Waals surface area contributed by atoms with Gasteiger partial charge in [0.15, 0.2) is 0 Å². The fraction of sp³-hybridized carbons (Fsp3) is 0.308. The summed E-state index contributed by atoms with van der Waals surface area (Å²) >= 11 is 0. The number of nitrogens with zero attached hydrogens (tertiary/aromatic N) is 2. The molecule has 0 radical (unpaired) electrons. The zero-order valence-corrected chi connectivity index (χ0v) is 10.8.